The summed E-state index contributed by atoms with van der Waals surface area (Å²) in [5.74, 6) is 0.706. The van der Waals surface area contributed by atoms with Crippen LogP contribution >= 0.6 is 0 Å². The van der Waals surface area contributed by atoms with E-state index in [1.54, 1.807) is 13.4 Å². The summed E-state index contributed by atoms with van der Waals surface area (Å²) in [6.07, 6.45) is 6.17. The van der Waals surface area contributed by atoms with Gasteiger partial charge in [-0.1, -0.05) is 6.92 Å². The minimum atomic E-state index is -0.199. The maximum Gasteiger partial charge on any atom is 0.243 e. The molecule has 0 aliphatic carbocycles. The Morgan fingerprint density at radius 1 is 1.43 bits per heavy atom. The first-order valence-electron chi connectivity index (χ1n) is 7.02. The van der Waals surface area contributed by atoms with Gasteiger partial charge >= 0.3 is 0 Å². The summed E-state index contributed by atoms with van der Waals surface area (Å²) in [6.45, 7) is 3.61. The van der Waals surface area contributed by atoms with E-state index in [0.717, 1.165) is 12.2 Å². The molecule has 0 unspecified atom stereocenters. The van der Waals surface area contributed by atoms with Crippen LogP contribution in [0.15, 0.2) is 30.9 Å². The van der Waals surface area contributed by atoms with Crippen molar-refractivity contribution in [2.75, 3.05) is 13.7 Å². The Bertz CT molecular complexity index is 549. The van der Waals surface area contributed by atoms with Gasteiger partial charge in [-0.2, -0.15) is 0 Å². The highest BCUT2D eigenvalue weighted by Gasteiger charge is 2.17. The maximum atomic E-state index is 12.3. The summed E-state index contributed by atoms with van der Waals surface area (Å²) in [5, 5.41) is 10.8. The number of nitrogens with one attached hydrogen (secondary N) is 1. The predicted octanol–water partition coefficient (Wildman–Crippen LogP) is 0.993. The van der Waals surface area contributed by atoms with E-state index < -0.39 is 0 Å². The Hall–Kier alpha value is -2.15. The minimum absolute atomic E-state index is 0.0185. The van der Waals surface area contributed by atoms with E-state index in [4.69, 9.17) is 4.74 Å². The third kappa shape index (κ3) is 3.91. The zero-order valence-corrected chi connectivity index (χ0v) is 12.4. The summed E-state index contributed by atoms with van der Waals surface area (Å²) in [5.41, 5.74) is 0. The highest BCUT2D eigenvalue weighted by Crippen LogP contribution is 2.11. The van der Waals surface area contributed by atoms with Crippen molar-refractivity contribution in [3.8, 4) is 0 Å². The lowest BCUT2D eigenvalue weighted by molar-refractivity contribution is -0.124. The predicted molar refractivity (Wildman–Crippen MR) is 77.5 cm³/mol. The fourth-order valence-electron chi connectivity index (χ4n) is 2.16. The summed E-state index contributed by atoms with van der Waals surface area (Å²) in [4.78, 5) is 12.3. The van der Waals surface area contributed by atoms with E-state index in [1.807, 2.05) is 40.6 Å². The van der Waals surface area contributed by atoms with E-state index >= 15 is 0 Å². The molecule has 7 heteroatoms. The topological polar surface area (TPSA) is 74.0 Å². The Labute approximate surface area is 123 Å². The zero-order chi connectivity index (χ0) is 15.1. The van der Waals surface area contributed by atoms with Crippen LogP contribution < -0.4 is 5.32 Å². The standard InChI is InChI=1S/C14H21N5O2/c1-3-12(18-6-4-5-7-18)14(20)15-10-13-17-16-11-19(13)8-9-21-2/h4-7,11-12H,3,8-10H2,1-2H3,(H,15,20)/t12-/m0/s1. The van der Waals surface area contributed by atoms with Crippen LogP contribution in [0.25, 0.3) is 0 Å². The van der Waals surface area contributed by atoms with Crippen LogP contribution in [0.5, 0.6) is 0 Å². The Balaban J connectivity index is 1.93. The Morgan fingerprint density at radius 3 is 2.86 bits per heavy atom. The monoisotopic (exact) mass is 291 g/mol. The normalized spacial score (nSPS) is 12.3. The SMILES string of the molecule is CC[C@@H](C(=O)NCc1nncn1CCOC)n1cccc1. The van der Waals surface area contributed by atoms with Gasteiger partial charge in [0.15, 0.2) is 5.82 Å². The van der Waals surface area contributed by atoms with E-state index in [-0.39, 0.29) is 11.9 Å². The van der Waals surface area contributed by atoms with Crippen LogP contribution in [0.1, 0.15) is 25.2 Å². The van der Waals surface area contributed by atoms with E-state index in [0.29, 0.717) is 19.7 Å². The Kier molecular flexibility index (Phi) is 5.51. The van der Waals surface area contributed by atoms with Crippen molar-refractivity contribution in [3.05, 3.63) is 36.7 Å². The van der Waals surface area contributed by atoms with Gasteiger partial charge in [-0.05, 0) is 18.6 Å². The van der Waals surface area contributed by atoms with Crippen LogP contribution in [-0.4, -0.2) is 39.0 Å². The van der Waals surface area contributed by atoms with Gasteiger partial charge in [0.1, 0.15) is 12.4 Å². The highest BCUT2D eigenvalue weighted by atomic mass is 16.5. The summed E-state index contributed by atoms with van der Waals surface area (Å²) >= 11 is 0. The van der Waals surface area contributed by atoms with Gasteiger partial charge in [0.25, 0.3) is 0 Å². The number of methoxy groups -OCH3 is 1. The van der Waals surface area contributed by atoms with Gasteiger partial charge in [0, 0.05) is 26.0 Å². The van der Waals surface area contributed by atoms with Crippen LogP contribution in [0, 0.1) is 0 Å². The lowest BCUT2D eigenvalue weighted by Crippen LogP contribution is -2.32. The molecule has 2 aromatic rings. The van der Waals surface area contributed by atoms with Crippen molar-refractivity contribution in [2.45, 2.75) is 32.5 Å². The summed E-state index contributed by atoms with van der Waals surface area (Å²) < 4.78 is 8.82. The number of rotatable bonds is 8. The third-order valence-electron chi connectivity index (χ3n) is 3.33. The lowest BCUT2D eigenvalue weighted by atomic mass is 10.2. The molecule has 0 bridgehead atoms. The molecule has 2 aromatic heterocycles. The van der Waals surface area contributed by atoms with Crippen LogP contribution in [0.2, 0.25) is 0 Å². The quantitative estimate of drug-likeness (QED) is 0.787. The molecule has 0 aromatic carbocycles. The average Bonchev–Trinajstić information content (AvgIpc) is 3.15. The number of carbonyl (C=O) groups is 1. The first kappa shape index (κ1) is 15.2. The van der Waals surface area contributed by atoms with E-state index in [2.05, 4.69) is 15.5 Å². The van der Waals surface area contributed by atoms with Crippen molar-refractivity contribution < 1.29 is 9.53 Å². The largest absolute Gasteiger partial charge is 0.383 e. The smallest absolute Gasteiger partial charge is 0.243 e. The van der Waals surface area contributed by atoms with Gasteiger partial charge in [-0.25, -0.2) is 0 Å². The van der Waals surface area contributed by atoms with Gasteiger partial charge in [-0.15, -0.1) is 10.2 Å². The van der Waals surface area contributed by atoms with Crippen molar-refractivity contribution in [3.63, 3.8) is 0 Å². The van der Waals surface area contributed by atoms with E-state index in [9.17, 15) is 4.79 Å². The molecular weight excluding hydrogens is 270 g/mol. The second-order valence-electron chi connectivity index (χ2n) is 4.71. The van der Waals surface area contributed by atoms with Crippen LogP contribution in [-0.2, 0) is 22.6 Å². The van der Waals surface area contributed by atoms with E-state index in [1.165, 1.54) is 0 Å². The number of amides is 1. The lowest BCUT2D eigenvalue weighted by Gasteiger charge is -2.16. The molecule has 1 N–H and O–H groups in total. The van der Waals surface area contributed by atoms with Crippen molar-refractivity contribution in [1.82, 2.24) is 24.6 Å². The van der Waals surface area contributed by atoms with Gasteiger partial charge in [0.05, 0.1) is 13.2 Å². The second-order valence-corrected chi connectivity index (χ2v) is 4.71. The average molecular weight is 291 g/mol. The summed E-state index contributed by atoms with van der Waals surface area (Å²) in [6, 6.07) is 3.63. The number of hydrogen-bond acceptors (Lipinski definition) is 4. The molecule has 1 amide bonds. The first-order valence-corrected chi connectivity index (χ1v) is 7.02. The Morgan fingerprint density at radius 2 is 2.19 bits per heavy atom. The van der Waals surface area contributed by atoms with Gasteiger partial charge in [0.2, 0.25) is 5.91 Å². The van der Waals surface area contributed by atoms with Crippen LogP contribution in [0.4, 0.5) is 0 Å². The van der Waals surface area contributed by atoms with Crippen molar-refractivity contribution in [2.24, 2.45) is 0 Å². The van der Waals surface area contributed by atoms with Crippen LogP contribution in [0.3, 0.4) is 0 Å². The van der Waals surface area contributed by atoms with Crippen molar-refractivity contribution >= 4 is 5.91 Å². The molecule has 1 atom stereocenters. The summed E-state index contributed by atoms with van der Waals surface area (Å²) in [7, 11) is 1.65. The molecule has 0 aliphatic rings. The molecular formula is C14H21N5O2. The van der Waals surface area contributed by atoms with Gasteiger partial charge in [-0.3, -0.25) is 4.79 Å². The molecule has 7 nitrogen and oxygen atoms in total. The fourth-order valence-corrected chi connectivity index (χ4v) is 2.16. The fraction of sp³-hybridized carbons (Fsp3) is 0.500. The maximum absolute atomic E-state index is 12.3. The molecule has 2 heterocycles. The molecule has 114 valence electrons. The molecule has 0 spiro atoms. The van der Waals surface area contributed by atoms with Crippen molar-refractivity contribution in [1.29, 1.82) is 0 Å². The molecule has 21 heavy (non-hydrogen) atoms. The molecule has 0 saturated heterocycles. The third-order valence-corrected chi connectivity index (χ3v) is 3.33. The number of nitrogens with zero attached hydrogens (tertiary/aromatic N) is 4. The van der Waals surface area contributed by atoms with Gasteiger partial charge < -0.3 is 19.2 Å². The minimum Gasteiger partial charge on any atom is -0.383 e. The molecule has 2 rings (SSSR count). The molecule has 0 saturated carbocycles. The molecule has 0 aliphatic heterocycles. The molecule has 0 fully saturated rings. The second kappa shape index (κ2) is 7.58. The molecule has 0 radical (unpaired) electrons. The highest BCUT2D eigenvalue weighted by molar-refractivity contribution is 5.80. The number of ether oxygens (including phenoxy) is 1. The number of aromatic nitrogens is 4. The zero-order valence-electron chi connectivity index (χ0n) is 12.4. The number of hydrogen-bond donors (Lipinski definition) is 1. The number of carbonyl (C=O) groups excluding carboxylic acids is 1. The first-order chi connectivity index (χ1) is 10.3.